The molecule has 4 rings (SSSR count). The molecule has 4 aromatic rings. The first kappa shape index (κ1) is 19.9. The van der Waals surface area contributed by atoms with Crippen LogP contribution in [0.1, 0.15) is 27.0 Å². The van der Waals surface area contributed by atoms with Gasteiger partial charge >= 0.3 is 0 Å². The molecule has 0 aliphatic heterocycles. The lowest BCUT2D eigenvalue weighted by molar-refractivity contribution is 0.102. The van der Waals surface area contributed by atoms with Gasteiger partial charge in [-0.15, -0.1) is 11.8 Å². The van der Waals surface area contributed by atoms with Gasteiger partial charge in [0.15, 0.2) is 0 Å². The highest BCUT2D eigenvalue weighted by molar-refractivity contribution is 7.98. The van der Waals surface area contributed by atoms with Crippen molar-refractivity contribution in [2.45, 2.75) is 17.1 Å². The van der Waals surface area contributed by atoms with Crippen molar-refractivity contribution in [3.63, 3.8) is 0 Å². The van der Waals surface area contributed by atoms with Crippen LogP contribution in [-0.4, -0.2) is 10.9 Å². The number of hydrogen-bond acceptors (Lipinski definition) is 3. The maximum atomic E-state index is 12.6. The first-order valence-corrected chi connectivity index (χ1v) is 10.8. The van der Waals surface area contributed by atoms with Crippen molar-refractivity contribution in [2.75, 3.05) is 5.32 Å². The zero-order valence-corrected chi connectivity index (χ0v) is 17.3. The second-order valence-corrected chi connectivity index (χ2v) is 8.03. The summed E-state index contributed by atoms with van der Waals surface area (Å²) in [6, 6.07) is 30.1. The Labute approximate surface area is 181 Å². The quantitative estimate of drug-likeness (QED) is 0.368. The van der Waals surface area contributed by atoms with Crippen LogP contribution in [0, 0.1) is 0 Å². The van der Waals surface area contributed by atoms with E-state index in [1.807, 2.05) is 78.9 Å². The minimum absolute atomic E-state index is 0.0980. The van der Waals surface area contributed by atoms with Gasteiger partial charge in [0.25, 0.3) is 5.91 Å². The zero-order valence-electron chi connectivity index (χ0n) is 16.5. The molecule has 1 N–H and O–H groups in total. The molecule has 0 atom stereocenters. The van der Waals surface area contributed by atoms with Gasteiger partial charge in [-0.25, -0.2) is 0 Å². The normalized spacial score (nSPS) is 10.5. The molecule has 1 heterocycles. The third-order valence-electron chi connectivity index (χ3n) is 4.73. The maximum Gasteiger partial charge on any atom is 0.255 e. The van der Waals surface area contributed by atoms with Gasteiger partial charge < -0.3 is 5.32 Å². The Bertz CT molecular complexity index is 1080. The highest BCUT2D eigenvalue weighted by atomic mass is 32.2. The first-order valence-electron chi connectivity index (χ1n) is 9.82. The number of pyridine rings is 1. The number of nitrogens with zero attached hydrogens (tertiary/aromatic N) is 1. The summed E-state index contributed by atoms with van der Waals surface area (Å²) < 4.78 is 0. The number of benzene rings is 3. The Balaban J connectivity index is 1.32. The summed E-state index contributed by atoms with van der Waals surface area (Å²) in [5.41, 5.74) is 5.05. The van der Waals surface area contributed by atoms with E-state index in [1.54, 1.807) is 24.2 Å². The number of hydrogen-bond donors (Lipinski definition) is 1. The van der Waals surface area contributed by atoms with Gasteiger partial charge in [-0.1, -0.05) is 42.5 Å². The van der Waals surface area contributed by atoms with Crippen molar-refractivity contribution < 1.29 is 4.79 Å². The molecule has 3 nitrogen and oxygen atoms in total. The van der Waals surface area contributed by atoms with Crippen LogP contribution in [0.5, 0.6) is 0 Å². The van der Waals surface area contributed by atoms with E-state index in [9.17, 15) is 4.79 Å². The summed E-state index contributed by atoms with van der Waals surface area (Å²) in [7, 11) is 0. The average molecular weight is 411 g/mol. The molecule has 0 spiro atoms. The summed E-state index contributed by atoms with van der Waals surface area (Å²) in [5, 5.41) is 2.97. The van der Waals surface area contributed by atoms with E-state index in [0.717, 1.165) is 17.9 Å². The van der Waals surface area contributed by atoms with Crippen LogP contribution in [-0.2, 0) is 12.2 Å². The van der Waals surface area contributed by atoms with Crippen LogP contribution in [0.25, 0.3) is 0 Å². The molecule has 0 unspecified atom stereocenters. The Morgan fingerprint density at radius 2 is 1.37 bits per heavy atom. The van der Waals surface area contributed by atoms with E-state index in [-0.39, 0.29) is 5.91 Å². The number of amides is 1. The van der Waals surface area contributed by atoms with E-state index in [2.05, 4.69) is 22.4 Å². The van der Waals surface area contributed by atoms with E-state index in [0.29, 0.717) is 5.56 Å². The van der Waals surface area contributed by atoms with E-state index in [4.69, 9.17) is 0 Å². The van der Waals surface area contributed by atoms with Crippen molar-refractivity contribution in [3.8, 4) is 0 Å². The fraction of sp³-hybridized carbons (Fsp3) is 0.0769. The monoisotopic (exact) mass is 410 g/mol. The molecule has 30 heavy (non-hydrogen) atoms. The minimum Gasteiger partial charge on any atom is -0.322 e. The number of rotatable bonds is 7. The van der Waals surface area contributed by atoms with Crippen LogP contribution in [0.4, 0.5) is 5.69 Å². The summed E-state index contributed by atoms with van der Waals surface area (Å²) >= 11 is 1.79. The number of aromatic nitrogens is 1. The molecular formula is C26H22N2OS. The molecule has 1 amide bonds. The molecule has 0 radical (unpaired) electrons. The number of carbonyl (C=O) groups excluding carboxylic acids is 1. The lowest BCUT2D eigenvalue weighted by Crippen LogP contribution is -2.11. The largest absolute Gasteiger partial charge is 0.322 e. The second kappa shape index (κ2) is 9.90. The summed E-state index contributed by atoms with van der Waals surface area (Å²) in [6.45, 7) is 0. The van der Waals surface area contributed by atoms with Gasteiger partial charge in [-0.2, -0.15) is 0 Å². The summed E-state index contributed by atoms with van der Waals surface area (Å²) in [4.78, 5) is 17.8. The van der Waals surface area contributed by atoms with Crippen LogP contribution < -0.4 is 5.32 Å². The third-order valence-corrected chi connectivity index (χ3v) is 5.82. The molecule has 3 aromatic carbocycles. The van der Waals surface area contributed by atoms with Crippen LogP contribution in [0.15, 0.2) is 108 Å². The number of thioether (sulfide) groups is 1. The molecule has 148 valence electrons. The van der Waals surface area contributed by atoms with Crippen LogP contribution in [0.3, 0.4) is 0 Å². The topological polar surface area (TPSA) is 42.0 Å². The lowest BCUT2D eigenvalue weighted by Gasteiger charge is -2.08. The molecular weight excluding hydrogens is 388 g/mol. The Kier molecular flexibility index (Phi) is 6.58. The third kappa shape index (κ3) is 5.58. The molecule has 0 bridgehead atoms. The fourth-order valence-electron chi connectivity index (χ4n) is 3.08. The molecule has 0 fully saturated rings. The smallest absolute Gasteiger partial charge is 0.255 e. The van der Waals surface area contributed by atoms with Crippen molar-refractivity contribution in [2.24, 2.45) is 0 Å². The molecule has 0 aliphatic rings. The second-order valence-electron chi connectivity index (χ2n) is 6.98. The van der Waals surface area contributed by atoms with Gasteiger partial charge in [-0.3, -0.25) is 9.78 Å². The average Bonchev–Trinajstić information content (AvgIpc) is 2.81. The number of nitrogens with one attached hydrogen (secondary N) is 1. The predicted octanol–water partition coefficient (Wildman–Crippen LogP) is 6.22. The molecule has 0 saturated carbocycles. The minimum atomic E-state index is -0.0980. The summed E-state index contributed by atoms with van der Waals surface area (Å²) in [5.74, 6) is 0.782. The van der Waals surface area contributed by atoms with Crippen molar-refractivity contribution in [1.29, 1.82) is 0 Å². The lowest BCUT2D eigenvalue weighted by atomic mass is 10.1. The van der Waals surface area contributed by atoms with Gasteiger partial charge in [0.1, 0.15) is 0 Å². The van der Waals surface area contributed by atoms with Crippen molar-refractivity contribution in [3.05, 3.63) is 126 Å². The van der Waals surface area contributed by atoms with Gasteiger partial charge in [0.05, 0.1) is 0 Å². The Hall–Kier alpha value is -3.37. The van der Waals surface area contributed by atoms with Crippen LogP contribution >= 0.6 is 11.8 Å². The van der Waals surface area contributed by atoms with Crippen molar-refractivity contribution in [1.82, 2.24) is 4.98 Å². The van der Waals surface area contributed by atoms with Gasteiger partial charge in [-0.05, 0) is 71.6 Å². The Morgan fingerprint density at radius 1 is 0.733 bits per heavy atom. The van der Waals surface area contributed by atoms with E-state index >= 15 is 0 Å². The highest BCUT2D eigenvalue weighted by Gasteiger charge is 2.07. The van der Waals surface area contributed by atoms with E-state index in [1.165, 1.54) is 21.6 Å². The van der Waals surface area contributed by atoms with Crippen LogP contribution in [0.2, 0.25) is 0 Å². The number of anilines is 1. The van der Waals surface area contributed by atoms with Gasteiger partial charge in [0.2, 0.25) is 0 Å². The van der Waals surface area contributed by atoms with E-state index < -0.39 is 0 Å². The molecule has 0 aliphatic carbocycles. The zero-order chi connectivity index (χ0) is 20.6. The standard InChI is InChI=1S/C26H22N2OS/c29-26(23-10-6-22(7-11-23)19-30-25-4-2-1-3-5-25)28-24-12-8-20(9-13-24)18-21-14-16-27-17-15-21/h1-17H,18-19H2,(H,28,29). The number of carbonyl (C=O) groups is 1. The molecule has 1 aromatic heterocycles. The van der Waals surface area contributed by atoms with Gasteiger partial charge in [0, 0.05) is 34.3 Å². The molecule has 0 saturated heterocycles. The first-order chi connectivity index (χ1) is 14.8. The molecule has 4 heteroatoms. The fourth-order valence-corrected chi connectivity index (χ4v) is 3.96. The van der Waals surface area contributed by atoms with Crippen molar-refractivity contribution >= 4 is 23.4 Å². The maximum absolute atomic E-state index is 12.6. The summed E-state index contributed by atoms with van der Waals surface area (Å²) in [6.07, 6.45) is 4.45. The highest BCUT2D eigenvalue weighted by Crippen LogP contribution is 2.22. The predicted molar refractivity (Wildman–Crippen MR) is 124 cm³/mol. The Morgan fingerprint density at radius 3 is 2.07 bits per heavy atom. The SMILES string of the molecule is O=C(Nc1ccc(Cc2ccncc2)cc1)c1ccc(CSc2ccccc2)cc1.